The molecule has 4 heteroatoms. The zero-order chi connectivity index (χ0) is 12.0. The molecule has 0 fully saturated rings. The van der Waals surface area contributed by atoms with Crippen LogP contribution in [0.4, 0.5) is 0 Å². The van der Waals surface area contributed by atoms with E-state index < -0.39 is 0 Å². The van der Waals surface area contributed by atoms with E-state index in [2.05, 4.69) is 43.3 Å². The maximum Gasteiger partial charge on any atom is 0.0965 e. The van der Waals surface area contributed by atoms with Crippen molar-refractivity contribution in [3.63, 3.8) is 0 Å². The van der Waals surface area contributed by atoms with Gasteiger partial charge >= 0.3 is 0 Å². The summed E-state index contributed by atoms with van der Waals surface area (Å²) in [6.45, 7) is 11.8. The van der Waals surface area contributed by atoms with E-state index >= 15 is 0 Å². The van der Waals surface area contributed by atoms with Crippen molar-refractivity contribution in [2.75, 3.05) is 19.6 Å². The summed E-state index contributed by atoms with van der Waals surface area (Å²) in [7, 11) is 0. The van der Waals surface area contributed by atoms with Gasteiger partial charge in [0.25, 0.3) is 0 Å². The highest BCUT2D eigenvalue weighted by molar-refractivity contribution is 7.09. The number of nitrogens with one attached hydrogen (secondary N) is 2. The van der Waals surface area contributed by atoms with Crippen LogP contribution in [0.3, 0.4) is 0 Å². The molecular formula is C12H23N3S. The van der Waals surface area contributed by atoms with Gasteiger partial charge in [0.1, 0.15) is 0 Å². The van der Waals surface area contributed by atoms with Crippen LogP contribution in [0.2, 0.25) is 0 Å². The molecule has 1 atom stereocenters. The van der Waals surface area contributed by atoms with Crippen LogP contribution in [0.25, 0.3) is 0 Å². The summed E-state index contributed by atoms with van der Waals surface area (Å²) in [5.41, 5.74) is 0.164. The molecule has 0 bridgehead atoms. The first-order valence-electron chi connectivity index (χ1n) is 5.90. The molecule has 92 valence electrons. The lowest BCUT2D eigenvalue weighted by Crippen LogP contribution is -2.48. The Bertz CT molecular complexity index is 282. The maximum absolute atomic E-state index is 4.33. The molecule has 0 amide bonds. The molecule has 16 heavy (non-hydrogen) atoms. The van der Waals surface area contributed by atoms with Crippen molar-refractivity contribution < 1.29 is 0 Å². The third-order valence-corrected chi connectivity index (χ3v) is 3.55. The average Bonchev–Trinajstić information content (AvgIpc) is 2.69. The van der Waals surface area contributed by atoms with Crippen LogP contribution in [0, 0.1) is 0 Å². The Balaban J connectivity index is 2.25. The maximum atomic E-state index is 4.33. The normalized spacial score (nSPS) is 14.0. The Hall–Kier alpha value is -0.450. The lowest BCUT2D eigenvalue weighted by atomic mass is 10.1. The van der Waals surface area contributed by atoms with Gasteiger partial charge in [-0.3, -0.25) is 0 Å². The van der Waals surface area contributed by atoms with Crippen molar-refractivity contribution in [2.24, 2.45) is 0 Å². The standard InChI is InChI=1S/C12H23N3S/c1-5-15-12(3,4)9-13-8-10(2)11-14-6-7-16-11/h6-7,10,13,15H,5,8-9H2,1-4H3. The fourth-order valence-electron chi connectivity index (χ4n) is 1.71. The van der Waals surface area contributed by atoms with E-state index in [1.807, 2.05) is 11.6 Å². The number of thiazole rings is 1. The van der Waals surface area contributed by atoms with E-state index in [0.29, 0.717) is 5.92 Å². The van der Waals surface area contributed by atoms with Gasteiger partial charge in [0, 0.05) is 36.1 Å². The van der Waals surface area contributed by atoms with Crippen LogP contribution >= 0.6 is 11.3 Å². The summed E-state index contributed by atoms with van der Waals surface area (Å²) in [6.07, 6.45) is 1.87. The van der Waals surface area contributed by atoms with Crippen LogP contribution in [-0.2, 0) is 0 Å². The molecule has 1 aromatic rings. The number of nitrogens with zero attached hydrogens (tertiary/aromatic N) is 1. The highest BCUT2D eigenvalue weighted by Gasteiger charge is 2.16. The van der Waals surface area contributed by atoms with Crippen LogP contribution in [0.5, 0.6) is 0 Å². The SMILES string of the molecule is CCNC(C)(C)CNCC(C)c1nccs1. The Kier molecular flexibility index (Phi) is 5.38. The topological polar surface area (TPSA) is 37.0 Å². The summed E-state index contributed by atoms with van der Waals surface area (Å²) in [5, 5.41) is 10.2. The fraction of sp³-hybridized carbons (Fsp3) is 0.750. The van der Waals surface area contributed by atoms with Crippen LogP contribution in [0.15, 0.2) is 11.6 Å². The number of rotatable bonds is 7. The first kappa shape index (κ1) is 13.6. The van der Waals surface area contributed by atoms with Gasteiger partial charge in [0.2, 0.25) is 0 Å². The van der Waals surface area contributed by atoms with E-state index in [1.165, 1.54) is 5.01 Å². The van der Waals surface area contributed by atoms with Crippen molar-refractivity contribution >= 4 is 11.3 Å². The summed E-state index contributed by atoms with van der Waals surface area (Å²) in [4.78, 5) is 4.33. The molecule has 0 aliphatic carbocycles. The minimum Gasteiger partial charge on any atom is -0.314 e. The van der Waals surface area contributed by atoms with Gasteiger partial charge in [0.15, 0.2) is 0 Å². The molecule has 3 nitrogen and oxygen atoms in total. The third kappa shape index (κ3) is 4.60. The van der Waals surface area contributed by atoms with Gasteiger partial charge in [0.05, 0.1) is 5.01 Å². The molecule has 1 unspecified atom stereocenters. The predicted molar refractivity (Wildman–Crippen MR) is 71.2 cm³/mol. The minimum atomic E-state index is 0.164. The molecule has 2 N–H and O–H groups in total. The van der Waals surface area contributed by atoms with Gasteiger partial charge in [-0.15, -0.1) is 11.3 Å². The third-order valence-electron chi connectivity index (χ3n) is 2.55. The van der Waals surface area contributed by atoms with Crippen molar-refractivity contribution in [3.8, 4) is 0 Å². The van der Waals surface area contributed by atoms with E-state index in [1.54, 1.807) is 11.3 Å². The molecule has 0 spiro atoms. The smallest absolute Gasteiger partial charge is 0.0965 e. The monoisotopic (exact) mass is 241 g/mol. The highest BCUT2D eigenvalue weighted by Crippen LogP contribution is 2.16. The Morgan fingerprint density at radius 1 is 1.50 bits per heavy atom. The molecule has 0 aliphatic rings. The Morgan fingerprint density at radius 2 is 2.25 bits per heavy atom. The molecular weight excluding hydrogens is 218 g/mol. The first-order chi connectivity index (χ1) is 7.55. The molecule has 1 heterocycles. The molecule has 0 saturated heterocycles. The zero-order valence-electron chi connectivity index (χ0n) is 10.7. The van der Waals surface area contributed by atoms with E-state index in [-0.39, 0.29) is 5.54 Å². The van der Waals surface area contributed by atoms with Gasteiger partial charge in [-0.2, -0.15) is 0 Å². The lowest BCUT2D eigenvalue weighted by Gasteiger charge is -2.26. The summed E-state index contributed by atoms with van der Waals surface area (Å²) in [5.74, 6) is 0.498. The second-order valence-corrected chi connectivity index (χ2v) is 5.74. The number of hydrogen-bond acceptors (Lipinski definition) is 4. The van der Waals surface area contributed by atoms with Crippen molar-refractivity contribution in [3.05, 3.63) is 16.6 Å². The first-order valence-corrected chi connectivity index (χ1v) is 6.78. The molecule has 0 radical (unpaired) electrons. The second-order valence-electron chi connectivity index (χ2n) is 4.82. The van der Waals surface area contributed by atoms with Crippen LogP contribution in [-0.4, -0.2) is 30.2 Å². The number of aromatic nitrogens is 1. The highest BCUT2D eigenvalue weighted by atomic mass is 32.1. The quantitative estimate of drug-likeness (QED) is 0.768. The average molecular weight is 241 g/mol. The zero-order valence-corrected chi connectivity index (χ0v) is 11.5. The number of likely N-dealkylation sites (N-methyl/N-ethyl adjacent to an activating group) is 1. The van der Waals surface area contributed by atoms with Crippen molar-refractivity contribution in [2.45, 2.75) is 39.2 Å². The molecule has 0 saturated carbocycles. The molecule has 1 aromatic heterocycles. The molecule has 0 aromatic carbocycles. The molecule has 0 aliphatic heterocycles. The van der Waals surface area contributed by atoms with E-state index in [9.17, 15) is 0 Å². The largest absolute Gasteiger partial charge is 0.314 e. The minimum absolute atomic E-state index is 0.164. The van der Waals surface area contributed by atoms with Crippen molar-refractivity contribution in [1.29, 1.82) is 0 Å². The summed E-state index contributed by atoms with van der Waals surface area (Å²) in [6, 6.07) is 0. The van der Waals surface area contributed by atoms with Gasteiger partial charge in [-0.05, 0) is 20.4 Å². The van der Waals surface area contributed by atoms with E-state index in [0.717, 1.165) is 19.6 Å². The van der Waals surface area contributed by atoms with Crippen molar-refractivity contribution in [1.82, 2.24) is 15.6 Å². The summed E-state index contributed by atoms with van der Waals surface area (Å²) < 4.78 is 0. The second kappa shape index (κ2) is 6.33. The van der Waals surface area contributed by atoms with E-state index in [4.69, 9.17) is 0 Å². The van der Waals surface area contributed by atoms with Crippen LogP contribution in [0.1, 0.15) is 38.6 Å². The van der Waals surface area contributed by atoms with Gasteiger partial charge in [-0.25, -0.2) is 4.98 Å². The lowest BCUT2D eigenvalue weighted by molar-refractivity contribution is 0.370. The molecule has 1 rings (SSSR count). The van der Waals surface area contributed by atoms with Gasteiger partial charge in [-0.1, -0.05) is 13.8 Å². The van der Waals surface area contributed by atoms with Crippen LogP contribution < -0.4 is 10.6 Å². The number of hydrogen-bond donors (Lipinski definition) is 2. The predicted octanol–water partition coefficient (Wildman–Crippen LogP) is 2.22. The summed E-state index contributed by atoms with van der Waals surface area (Å²) >= 11 is 1.73. The fourth-order valence-corrected chi connectivity index (χ4v) is 2.41. The Labute approximate surface area is 103 Å². The van der Waals surface area contributed by atoms with Gasteiger partial charge < -0.3 is 10.6 Å². The Morgan fingerprint density at radius 3 is 2.81 bits per heavy atom.